The summed E-state index contributed by atoms with van der Waals surface area (Å²) in [7, 11) is 0. The van der Waals surface area contributed by atoms with Crippen LogP contribution in [0.25, 0.3) is 10.8 Å². The summed E-state index contributed by atoms with van der Waals surface area (Å²) in [5.74, 6) is 0.842. The van der Waals surface area contributed by atoms with E-state index in [4.69, 9.17) is 0 Å². The zero-order chi connectivity index (χ0) is 13.2. The smallest absolute Gasteiger partial charge is 0.138 e. The summed E-state index contributed by atoms with van der Waals surface area (Å²) in [6.45, 7) is 2.92. The molecule has 0 aliphatic heterocycles. The van der Waals surface area contributed by atoms with Crippen molar-refractivity contribution >= 4 is 38.2 Å². The topological polar surface area (TPSA) is 42.7 Å². The Labute approximate surface area is 119 Å². The van der Waals surface area contributed by atoms with E-state index >= 15 is 0 Å². The molecule has 1 aromatic carbocycles. The Bertz CT molecular complexity index is 720. The van der Waals surface area contributed by atoms with Gasteiger partial charge in [0.15, 0.2) is 0 Å². The molecule has 2 aromatic heterocycles. The maximum Gasteiger partial charge on any atom is 0.138 e. The average Bonchev–Trinajstić information content (AvgIpc) is 2.88. The van der Waals surface area contributed by atoms with Gasteiger partial charge in [-0.05, 0) is 19.1 Å². The van der Waals surface area contributed by atoms with Crippen molar-refractivity contribution in [3.8, 4) is 0 Å². The Morgan fingerprint density at radius 2 is 2.16 bits per heavy atom. The first kappa shape index (κ1) is 12.2. The van der Waals surface area contributed by atoms with Crippen LogP contribution >= 0.6 is 15.9 Å². The minimum atomic E-state index is 0.842. The van der Waals surface area contributed by atoms with Crippen molar-refractivity contribution in [3.63, 3.8) is 0 Å². The van der Waals surface area contributed by atoms with E-state index in [2.05, 4.69) is 44.3 Å². The van der Waals surface area contributed by atoms with Crippen molar-refractivity contribution in [1.82, 2.24) is 14.8 Å². The maximum atomic E-state index is 4.41. The normalized spacial score (nSPS) is 10.8. The molecular formula is C14H13BrN4. The van der Waals surface area contributed by atoms with E-state index in [1.54, 1.807) is 6.20 Å². The average molecular weight is 317 g/mol. The number of anilines is 2. The Kier molecular flexibility index (Phi) is 3.21. The van der Waals surface area contributed by atoms with Gasteiger partial charge in [0.05, 0.1) is 11.9 Å². The molecule has 0 saturated heterocycles. The van der Waals surface area contributed by atoms with Crippen LogP contribution in [-0.2, 0) is 6.54 Å². The number of nitrogens with one attached hydrogen (secondary N) is 1. The molecule has 0 unspecified atom stereocenters. The van der Waals surface area contributed by atoms with E-state index in [0.29, 0.717) is 0 Å². The molecule has 2 heterocycles. The molecule has 3 aromatic rings. The van der Waals surface area contributed by atoms with Gasteiger partial charge in [0.1, 0.15) is 5.82 Å². The SMILES string of the molecule is CCn1cc(Nc2nccc3c(Br)cccc23)cn1. The molecule has 5 heteroatoms. The summed E-state index contributed by atoms with van der Waals surface area (Å²) in [5, 5.41) is 9.79. The first-order valence-corrected chi connectivity index (χ1v) is 6.90. The minimum Gasteiger partial charge on any atom is -0.337 e. The summed E-state index contributed by atoms with van der Waals surface area (Å²) in [6.07, 6.45) is 5.58. The second-order valence-electron chi connectivity index (χ2n) is 4.20. The van der Waals surface area contributed by atoms with Gasteiger partial charge in [-0.25, -0.2) is 4.98 Å². The Morgan fingerprint density at radius 3 is 2.95 bits per heavy atom. The molecule has 0 aliphatic rings. The number of benzene rings is 1. The number of rotatable bonds is 3. The summed E-state index contributed by atoms with van der Waals surface area (Å²) in [5.41, 5.74) is 0.946. The molecule has 0 radical (unpaired) electrons. The predicted molar refractivity (Wildman–Crippen MR) is 80.6 cm³/mol. The van der Waals surface area contributed by atoms with Crippen molar-refractivity contribution in [1.29, 1.82) is 0 Å². The van der Waals surface area contributed by atoms with E-state index in [9.17, 15) is 0 Å². The molecule has 0 aliphatic carbocycles. The van der Waals surface area contributed by atoms with Crippen molar-refractivity contribution in [2.75, 3.05) is 5.32 Å². The molecule has 0 fully saturated rings. The van der Waals surface area contributed by atoms with Crippen LogP contribution in [0.5, 0.6) is 0 Å². The third-order valence-corrected chi connectivity index (χ3v) is 3.66. The quantitative estimate of drug-likeness (QED) is 0.795. The number of fused-ring (bicyclic) bond motifs is 1. The molecule has 1 N–H and O–H groups in total. The number of pyridine rings is 1. The van der Waals surface area contributed by atoms with Crippen molar-refractivity contribution in [2.45, 2.75) is 13.5 Å². The fourth-order valence-corrected chi connectivity index (χ4v) is 2.50. The molecule has 0 saturated carbocycles. The molecule has 96 valence electrons. The number of aryl methyl sites for hydroxylation is 1. The highest BCUT2D eigenvalue weighted by molar-refractivity contribution is 9.10. The Morgan fingerprint density at radius 1 is 1.26 bits per heavy atom. The summed E-state index contributed by atoms with van der Waals surface area (Å²) in [4.78, 5) is 4.41. The van der Waals surface area contributed by atoms with E-state index in [1.165, 1.54) is 0 Å². The van der Waals surface area contributed by atoms with Crippen LogP contribution < -0.4 is 5.32 Å². The summed E-state index contributed by atoms with van der Waals surface area (Å²) >= 11 is 3.56. The Hall–Kier alpha value is -1.88. The fraction of sp³-hybridized carbons (Fsp3) is 0.143. The van der Waals surface area contributed by atoms with E-state index in [-0.39, 0.29) is 0 Å². The monoisotopic (exact) mass is 316 g/mol. The number of nitrogens with zero attached hydrogens (tertiary/aromatic N) is 3. The largest absolute Gasteiger partial charge is 0.337 e. The highest BCUT2D eigenvalue weighted by Crippen LogP contribution is 2.29. The Balaban J connectivity index is 2.03. The number of hydrogen-bond donors (Lipinski definition) is 1. The molecule has 4 nitrogen and oxygen atoms in total. The number of aromatic nitrogens is 3. The molecule has 0 bridgehead atoms. The predicted octanol–water partition coefficient (Wildman–Crippen LogP) is 3.96. The molecule has 0 spiro atoms. The van der Waals surface area contributed by atoms with Crippen LogP contribution in [0.4, 0.5) is 11.5 Å². The first-order valence-electron chi connectivity index (χ1n) is 6.10. The van der Waals surface area contributed by atoms with Crippen molar-refractivity contribution in [2.24, 2.45) is 0 Å². The second kappa shape index (κ2) is 5.01. The van der Waals surface area contributed by atoms with Crippen LogP contribution in [0.15, 0.2) is 47.3 Å². The minimum absolute atomic E-state index is 0.842. The lowest BCUT2D eigenvalue weighted by molar-refractivity contribution is 0.660. The van der Waals surface area contributed by atoms with Gasteiger partial charge in [-0.1, -0.05) is 28.1 Å². The second-order valence-corrected chi connectivity index (χ2v) is 5.06. The van der Waals surface area contributed by atoms with E-state index in [0.717, 1.165) is 33.3 Å². The first-order chi connectivity index (χ1) is 9.28. The fourth-order valence-electron chi connectivity index (χ4n) is 2.01. The van der Waals surface area contributed by atoms with Crippen molar-refractivity contribution < 1.29 is 0 Å². The molecule has 3 rings (SSSR count). The van der Waals surface area contributed by atoms with Crippen LogP contribution in [0.1, 0.15) is 6.92 Å². The summed E-state index contributed by atoms with van der Waals surface area (Å²) < 4.78 is 2.95. The van der Waals surface area contributed by atoms with Gasteiger partial charge in [-0.3, -0.25) is 4.68 Å². The number of hydrogen-bond acceptors (Lipinski definition) is 3. The molecule has 0 atom stereocenters. The highest BCUT2D eigenvalue weighted by atomic mass is 79.9. The van der Waals surface area contributed by atoms with Gasteiger partial charge in [0.2, 0.25) is 0 Å². The number of halogens is 1. The maximum absolute atomic E-state index is 4.41. The third-order valence-electron chi connectivity index (χ3n) is 2.97. The third kappa shape index (κ3) is 2.33. The van der Waals surface area contributed by atoms with Crippen LogP contribution in [0.2, 0.25) is 0 Å². The molecule has 0 amide bonds. The van der Waals surface area contributed by atoms with Gasteiger partial charge >= 0.3 is 0 Å². The van der Waals surface area contributed by atoms with Crippen molar-refractivity contribution in [3.05, 3.63) is 47.3 Å². The molecule has 19 heavy (non-hydrogen) atoms. The van der Waals surface area contributed by atoms with Crippen LogP contribution in [-0.4, -0.2) is 14.8 Å². The van der Waals surface area contributed by atoms with Gasteiger partial charge in [-0.2, -0.15) is 5.10 Å². The highest BCUT2D eigenvalue weighted by Gasteiger charge is 2.06. The zero-order valence-electron chi connectivity index (χ0n) is 10.5. The van der Waals surface area contributed by atoms with E-state index in [1.807, 2.05) is 35.3 Å². The lowest BCUT2D eigenvalue weighted by atomic mass is 10.1. The van der Waals surface area contributed by atoms with Crippen LogP contribution in [0, 0.1) is 0 Å². The zero-order valence-corrected chi connectivity index (χ0v) is 12.1. The summed E-state index contributed by atoms with van der Waals surface area (Å²) in [6, 6.07) is 8.09. The lowest BCUT2D eigenvalue weighted by Crippen LogP contribution is -1.94. The van der Waals surface area contributed by atoms with E-state index < -0.39 is 0 Å². The van der Waals surface area contributed by atoms with Gasteiger partial charge in [0.25, 0.3) is 0 Å². The standard InChI is InChI=1S/C14H13BrN4/c1-2-19-9-10(8-17-19)18-14-12-4-3-5-13(15)11(12)6-7-16-14/h3-9H,2H2,1H3,(H,16,18). The molecular weight excluding hydrogens is 304 g/mol. The van der Waals surface area contributed by atoms with Gasteiger partial charge < -0.3 is 5.32 Å². The van der Waals surface area contributed by atoms with Gasteiger partial charge in [-0.15, -0.1) is 0 Å². The lowest BCUT2D eigenvalue weighted by Gasteiger charge is -2.07. The van der Waals surface area contributed by atoms with Gasteiger partial charge in [0, 0.05) is 34.2 Å². The van der Waals surface area contributed by atoms with Crippen LogP contribution in [0.3, 0.4) is 0 Å².